The molecule has 0 saturated heterocycles. The molecule has 0 unspecified atom stereocenters. The molecule has 5 rings (SSSR count). The fourth-order valence-corrected chi connectivity index (χ4v) is 6.20. The molecule has 1 amide bonds. The van der Waals surface area contributed by atoms with Gasteiger partial charge in [0.2, 0.25) is 0 Å². The zero-order chi connectivity index (χ0) is 26.3. The van der Waals surface area contributed by atoms with Crippen molar-refractivity contribution in [2.75, 3.05) is 11.4 Å². The second-order valence-corrected chi connectivity index (χ2v) is 10.5. The van der Waals surface area contributed by atoms with E-state index in [1.54, 1.807) is 11.0 Å². The van der Waals surface area contributed by atoms with E-state index < -0.39 is 12.3 Å². The summed E-state index contributed by atoms with van der Waals surface area (Å²) in [5, 5.41) is 9.66. The summed E-state index contributed by atoms with van der Waals surface area (Å²) in [6.07, 6.45) is 0.677. The smallest absolute Gasteiger partial charge is 0.481 e. The Hall–Kier alpha value is -2.78. The van der Waals surface area contributed by atoms with E-state index >= 15 is 0 Å². The van der Waals surface area contributed by atoms with Crippen molar-refractivity contribution < 1.29 is 32.6 Å². The van der Waals surface area contributed by atoms with Crippen LogP contribution in [0.25, 0.3) is 0 Å². The SMILES string of the molecule is O=C(O)CCCN(C1CC1)[C@H]1c2ccc(Cl)cc2N(C(=O)c2ccc(OC(F)(F)F)cc2)[C@H]2CCC[C@H]21. The quantitative estimate of drug-likeness (QED) is 0.420. The maximum atomic E-state index is 13.8. The third-order valence-electron chi connectivity index (χ3n) is 7.57. The van der Waals surface area contributed by atoms with Gasteiger partial charge in [-0.3, -0.25) is 14.5 Å². The third kappa shape index (κ3) is 5.57. The standard InChI is InChI=1S/C27H28ClF3N2O4/c28-17-8-13-21-23(15-17)33(26(36)16-6-11-19(12-7-16)37-27(29,30)31)22-4-1-3-20(22)25(21)32(18-9-10-18)14-2-5-24(34)35/h6-8,11-13,15,18,20,22,25H,1-5,9-10,14H2,(H,34,35)/t20-,22+,25-/m1/s1. The summed E-state index contributed by atoms with van der Waals surface area (Å²) in [5.74, 6) is -1.32. The van der Waals surface area contributed by atoms with Crippen LogP contribution in [-0.2, 0) is 4.79 Å². The maximum Gasteiger partial charge on any atom is 0.573 e. The minimum Gasteiger partial charge on any atom is -0.481 e. The Morgan fingerprint density at radius 2 is 1.81 bits per heavy atom. The van der Waals surface area contributed by atoms with Crippen molar-refractivity contribution in [3.8, 4) is 5.75 Å². The average Bonchev–Trinajstić information content (AvgIpc) is 3.56. The van der Waals surface area contributed by atoms with Gasteiger partial charge in [-0.2, -0.15) is 0 Å². The first-order valence-electron chi connectivity index (χ1n) is 12.6. The number of alkyl halides is 3. The minimum absolute atomic E-state index is 0.0488. The summed E-state index contributed by atoms with van der Waals surface area (Å²) in [6, 6.07) is 10.9. The van der Waals surface area contributed by atoms with Gasteiger partial charge in [0.15, 0.2) is 0 Å². The van der Waals surface area contributed by atoms with Crippen molar-refractivity contribution >= 4 is 29.2 Å². The van der Waals surface area contributed by atoms with Gasteiger partial charge in [-0.15, -0.1) is 13.2 Å². The molecular formula is C27H28ClF3N2O4. The number of nitrogens with zero attached hydrogens (tertiary/aromatic N) is 2. The van der Waals surface area contributed by atoms with Crippen LogP contribution >= 0.6 is 11.6 Å². The van der Waals surface area contributed by atoms with E-state index in [-0.39, 0.29) is 41.6 Å². The molecule has 1 heterocycles. The second-order valence-electron chi connectivity index (χ2n) is 10.0. The van der Waals surface area contributed by atoms with Crippen molar-refractivity contribution in [3.05, 3.63) is 58.6 Å². The number of hydrogen-bond acceptors (Lipinski definition) is 4. The zero-order valence-corrected chi connectivity index (χ0v) is 20.8. The number of amides is 1. The van der Waals surface area contributed by atoms with Crippen molar-refractivity contribution in [2.45, 2.75) is 69.4 Å². The van der Waals surface area contributed by atoms with E-state index in [0.717, 1.165) is 49.8 Å². The lowest BCUT2D eigenvalue weighted by Crippen LogP contribution is -2.52. The fourth-order valence-electron chi connectivity index (χ4n) is 6.03. The van der Waals surface area contributed by atoms with Crippen LogP contribution in [0.2, 0.25) is 5.02 Å². The highest BCUT2D eigenvalue weighted by Crippen LogP contribution is 2.53. The molecule has 0 bridgehead atoms. The van der Waals surface area contributed by atoms with Crippen molar-refractivity contribution in [2.24, 2.45) is 5.92 Å². The Kier molecular flexibility index (Phi) is 7.11. The van der Waals surface area contributed by atoms with Crippen LogP contribution in [0.4, 0.5) is 18.9 Å². The van der Waals surface area contributed by atoms with Crippen LogP contribution in [0.3, 0.4) is 0 Å². The van der Waals surface area contributed by atoms with E-state index in [1.165, 1.54) is 12.1 Å². The van der Waals surface area contributed by atoms with E-state index in [1.807, 2.05) is 12.1 Å². The van der Waals surface area contributed by atoms with Crippen LogP contribution in [-0.4, -0.2) is 46.9 Å². The zero-order valence-electron chi connectivity index (χ0n) is 20.1. The van der Waals surface area contributed by atoms with Gasteiger partial charge >= 0.3 is 12.3 Å². The molecule has 2 saturated carbocycles. The molecule has 2 aromatic rings. The lowest BCUT2D eigenvalue weighted by molar-refractivity contribution is -0.274. The van der Waals surface area contributed by atoms with Crippen molar-refractivity contribution in [1.29, 1.82) is 0 Å². The first-order valence-corrected chi connectivity index (χ1v) is 13.0. The van der Waals surface area contributed by atoms with Gasteiger partial charge in [-0.25, -0.2) is 0 Å². The van der Waals surface area contributed by atoms with E-state index in [0.29, 0.717) is 29.7 Å². The molecule has 6 nitrogen and oxygen atoms in total. The van der Waals surface area contributed by atoms with Gasteiger partial charge in [-0.05, 0) is 86.5 Å². The normalized spacial score (nSPS) is 23.1. The number of rotatable bonds is 8. The number of carboxylic acid groups (broad SMARTS) is 1. The summed E-state index contributed by atoms with van der Waals surface area (Å²) >= 11 is 6.40. The summed E-state index contributed by atoms with van der Waals surface area (Å²) in [4.78, 5) is 29.2. The van der Waals surface area contributed by atoms with Crippen molar-refractivity contribution in [1.82, 2.24) is 4.90 Å². The number of carbonyl (C=O) groups is 2. The summed E-state index contributed by atoms with van der Waals surface area (Å²) in [5.41, 5.74) is 1.97. The molecule has 3 aliphatic rings. The van der Waals surface area contributed by atoms with E-state index in [2.05, 4.69) is 9.64 Å². The van der Waals surface area contributed by atoms with Gasteiger partial charge in [-0.1, -0.05) is 24.1 Å². The Bertz CT molecular complexity index is 1170. The lowest BCUT2D eigenvalue weighted by Gasteiger charge is -2.48. The number of hydrogen-bond donors (Lipinski definition) is 1. The molecule has 10 heteroatoms. The van der Waals surface area contributed by atoms with Crippen LogP contribution in [0.1, 0.15) is 66.9 Å². The predicted molar refractivity (Wildman–Crippen MR) is 132 cm³/mol. The highest BCUT2D eigenvalue weighted by molar-refractivity contribution is 6.31. The Labute approximate surface area is 217 Å². The largest absolute Gasteiger partial charge is 0.573 e. The minimum atomic E-state index is -4.81. The Morgan fingerprint density at radius 3 is 2.46 bits per heavy atom. The average molecular weight is 537 g/mol. The topological polar surface area (TPSA) is 70.1 Å². The number of fused-ring (bicyclic) bond motifs is 2. The number of aliphatic carboxylic acids is 1. The molecule has 0 aromatic heterocycles. The molecule has 0 spiro atoms. The van der Waals surface area contributed by atoms with E-state index in [4.69, 9.17) is 16.7 Å². The first-order chi connectivity index (χ1) is 17.6. The van der Waals surface area contributed by atoms with Gasteiger partial charge in [0.1, 0.15) is 5.75 Å². The van der Waals surface area contributed by atoms with Crippen LogP contribution in [0, 0.1) is 5.92 Å². The van der Waals surface area contributed by atoms with Crippen LogP contribution in [0.15, 0.2) is 42.5 Å². The number of benzene rings is 2. The van der Waals surface area contributed by atoms with Crippen LogP contribution in [0.5, 0.6) is 5.75 Å². The van der Waals surface area contributed by atoms with E-state index in [9.17, 15) is 22.8 Å². The van der Waals surface area contributed by atoms with Gasteiger partial charge < -0.3 is 14.7 Å². The molecule has 2 aliphatic carbocycles. The first kappa shape index (κ1) is 25.9. The summed E-state index contributed by atoms with van der Waals surface area (Å²) in [7, 11) is 0. The maximum absolute atomic E-state index is 13.8. The predicted octanol–water partition coefficient (Wildman–Crippen LogP) is 6.44. The monoisotopic (exact) mass is 536 g/mol. The highest BCUT2D eigenvalue weighted by Gasteiger charge is 2.50. The molecular weight excluding hydrogens is 509 g/mol. The molecule has 3 atom stereocenters. The van der Waals surface area contributed by atoms with Crippen molar-refractivity contribution in [3.63, 3.8) is 0 Å². The fraction of sp³-hybridized carbons (Fsp3) is 0.481. The number of carboxylic acids is 1. The lowest BCUT2D eigenvalue weighted by atomic mass is 9.81. The number of carbonyl (C=O) groups excluding carboxylic acids is 1. The Morgan fingerprint density at radius 1 is 1.08 bits per heavy atom. The molecule has 0 radical (unpaired) electrons. The molecule has 2 fully saturated rings. The summed E-state index contributed by atoms with van der Waals surface area (Å²) < 4.78 is 41.7. The molecule has 1 aliphatic heterocycles. The number of halogens is 4. The van der Waals surface area contributed by atoms with Crippen LogP contribution < -0.4 is 9.64 Å². The summed E-state index contributed by atoms with van der Waals surface area (Å²) in [6.45, 7) is 0.668. The molecule has 2 aromatic carbocycles. The highest BCUT2D eigenvalue weighted by atomic mass is 35.5. The van der Waals surface area contributed by atoms with Gasteiger partial charge in [0, 0.05) is 35.1 Å². The van der Waals surface area contributed by atoms with Gasteiger partial charge in [0.05, 0.1) is 5.69 Å². The number of anilines is 1. The molecule has 198 valence electrons. The number of ether oxygens (including phenoxy) is 1. The Balaban J connectivity index is 1.49. The molecule has 1 N–H and O–H groups in total. The van der Waals surface area contributed by atoms with Gasteiger partial charge in [0.25, 0.3) is 5.91 Å². The molecule has 37 heavy (non-hydrogen) atoms. The second kappa shape index (κ2) is 10.2. The third-order valence-corrected chi connectivity index (χ3v) is 7.81.